The number of rotatable bonds is 8. The first-order chi connectivity index (χ1) is 16.3. The van der Waals surface area contributed by atoms with Crippen LogP contribution in [0.2, 0.25) is 0 Å². The Morgan fingerprint density at radius 3 is 2.56 bits per heavy atom. The number of H-pyrrole nitrogens is 1. The van der Waals surface area contributed by atoms with Crippen LogP contribution in [0.25, 0.3) is 22.6 Å². The second-order valence-electron chi connectivity index (χ2n) is 8.77. The number of pyridine rings is 1. The number of ether oxygens (including phenoxy) is 1. The molecule has 0 bridgehead atoms. The fourth-order valence-corrected chi connectivity index (χ4v) is 3.86. The molecule has 1 aliphatic rings. The highest BCUT2D eigenvalue weighted by molar-refractivity contribution is 5.95. The van der Waals surface area contributed by atoms with E-state index in [-0.39, 0.29) is 34.4 Å². The molecule has 0 aliphatic heterocycles. The summed E-state index contributed by atoms with van der Waals surface area (Å²) in [7, 11) is 1.27. The molecular weight excluding hydrogens is 440 g/mol. The van der Waals surface area contributed by atoms with Gasteiger partial charge in [-0.3, -0.25) is 23.7 Å². The summed E-state index contributed by atoms with van der Waals surface area (Å²) in [5.41, 5.74) is 0.538. The van der Waals surface area contributed by atoms with Crippen molar-refractivity contribution in [1.29, 1.82) is 0 Å². The Morgan fingerprint density at radius 2 is 2.00 bits per heavy atom. The zero-order chi connectivity index (χ0) is 24.6. The van der Waals surface area contributed by atoms with Gasteiger partial charge in [0, 0.05) is 24.3 Å². The molecule has 0 radical (unpaired) electrons. The molecule has 34 heavy (non-hydrogen) atoms. The maximum atomic E-state index is 13.0. The molecule has 3 aromatic rings. The maximum Gasteiger partial charge on any atom is 0.333 e. The van der Waals surface area contributed by atoms with E-state index in [0.29, 0.717) is 30.0 Å². The number of nitrogens with zero attached hydrogens (tertiary/aromatic N) is 4. The van der Waals surface area contributed by atoms with Gasteiger partial charge in [0.1, 0.15) is 23.1 Å². The minimum Gasteiger partial charge on any atom is -0.467 e. The second-order valence-corrected chi connectivity index (χ2v) is 8.77. The third-order valence-electron chi connectivity index (χ3n) is 5.85. The quantitative estimate of drug-likeness (QED) is 0.479. The van der Waals surface area contributed by atoms with Crippen molar-refractivity contribution < 1.29 is 14.3 Å². The van der Waals surface area contributed by atoms with Gasteiger partial charge in [-0.2, -0.15) is 0 Å². The van der Waals surface area contributed by atoms with Crippen LogP contribution in [0, 0.1) is 5.92 Å². The highest BCUT2D eigenvalue weighted by Crippen LogP contribution is 2.32. The Labute approximate surface area is 195 Å². The monoisotopic (exact) mass is 468 g/mol. The van der Waals surface area contributed by atoms with Crippen LogP contribution in [0.4, 0.5) is 0 Å². The van der Waals surface area contributed by atoms with E-state index in [1.165, 1.54) is 28.5 Å². The molecule has 11 nitrogen and oxygen atoms in total. The van der Waals surface area contributed by atoms with E-state index in [1.807, 2.05) is 6.92 Å². The van der Waals surface area contributed by atoms with E-state index in [2.05, 4.69) is 20.3 Å². The normalized spacial score (nSPS) is 14.4. The van der Waals surface area contributed by atoms with Crippen LogP contribution < -0.4 is 16.6 Å². The largest absolute Gasteiger partial charge is 0.467 e. The number of amides is 1. The predicted molar refractivity (Wildman–Crippen MR) is 125 cm³/mol. The van der Waals surface area contributed by atoms with Crippen LogP contribution in [0.1, 0.15) is 56.6 Å². The van der Waals surface area contributed by atoms with Gasteiger partial charge in [0.2, 0.25) is 0 Å². The summed E-state index contributed by atoms with van der Waals surface area (Å²) in [4.78, 5) is 62.2. The maximum absolute atomic E-state index is 13.0. The number of hydrogen-bond acceptors (Lipinski definition) is 7. The first kappa shape index (κ1) is 23.4. The van der Waals surface area contributed by atoms with Gasteiger partial charge in [0.25, 0.3) is 11.5 Å². The molecule has 1 unspecified atom stereocenters. The smallest absolute Gasteiger partial charge is 0.333 e. The van der Waals surface area contributed by atoms with Gasteiger partial charge in [-0.05, 0) is 37.3 Å². The molecule has 1 saturated carbocycles. The molecular formula is C23H28N6O5. The van der Waals surface area contributed by atoms with E-state index in [9.17, 15) is 19.2 Å². The highest BCUT2D eigenvalue weighted by Gasteiger charge is 2.30. The molecule has 1 atom stereocenters. The van der Waals surface area contributed by atoms with E-state index in [0.717, 1.165) is 12.8 Å². The molecule has 0 spiro atoms. The first-order valence-electron chi connectivity index (χ1n) is 11.4. The van der Waals surface area contributed by atoms with Gasteiger partial charge < -0.3 is 15.0 Å². The van der Waals surface area contributed by atoms with Crippen molar-refractivity contribution in [1.82, 2.24) is 29.4 Å². The topological polar surface area (TPSA) is 141 Å². The molecule has 3 aromatic heterocycles. The van der Waals surface area contributed by atoms with Crippen LogP contribution in [0.3, 0.4) is 0 Å². The minimum atomic E-state index is -0.793. The number of esters is 1. The molecule has 3 heterocycles. The molecule has 11 heteroatoms. The van der Waals surface area contributed by atoms with Crippen LogP contribution in [-0.2, 0) is 16.1 Å². The summed E-state index contributed by atoms with van der Waals surface area (Å²) in [5.74, 6) is -0.827. The van der Waals surface area contributed by atoms with Gasteiger partial charge in [0.05, 0.1) is 7.11 Å². The number of aromatic nitrogens is 5. The van der Waals surface area contributed by atoms with Gasteiger partial charge in [-0.25, -0.2) is 14.6 Å². The molecule has 2 N–H and O–H groups in total. The number of methoxy groups -OCH3 is 1. The number of hydrogen-bond donors (Lipinski definition) is 2. The van der Waals surface area contributed by atoms with E-state index < -0.39 is 17.9 Å². The van der Waals surface area contributed by atoms with Gasteiger partial charge in [-0.15, -0.1) is 0 Å². The Balaban J connectivity index is 1.66. The molecule has 0 aromatic carbocycles. The lowest BCUT2D eigenvalue weighted by molar-refractivity contribution is -0.144. The van der Waals surface area contributed by atoms with Crippen molar-refractivity contribution >= 4 is 23.0 Å². The first-order valence-corrected chi connectivity index (χ1v) is 11.4. The van der Waals surface area contributed by atoms with Crippen LogP contribution >= 0.6 is 0 Å². The Kier molecular flexibility index (Phi) is 6.36. The summed E-state index contributed by atoms with van der Waals surface area (Å²) in [6, 6.07) is 2.30. The van der Waals surface area contributed by atoms with Crippen LogP contribution in [0.15, 0.2) is 27.9 Å². The van der Waals surface area contributed by atoms with Crippen molar-refractivity contribution in [3.05, 3.63) is 44.9 Å². The van der Waals surface area contributed by atoms with Crippen molar-refractivity contribution in [3.8, 4) is 11.4 Å². The average Bonchev–Trinajstić information content (AvgIpc) is 3.56. The van der Waals surface area contributed by atoms with Crippen molar-refractivity contribution in [2.75, 3.05) is 7.11 Å². The number of carbonyl (C=O) groups excluding carboxylic acids is 2. The lowest BCUT2D eigenvalue weighted by Crippen LogP contribution is -2.45. The van der Waals surface area contributed by atoms with Gasteiger partial charge >= 0.3 is 11.7 Å². The minimum absolute atomic E-state index is 0.0571. The van der Waals surface area contributed by atoms with Gasteiger partial charge in [-0.1, -0.05) is 20.8 Å². The van der Waals surface area contributed by atoms with E-state index in [4.69, 9.17) is 4.74 Å². The third-order valence-corrected chi connectivity index (χ3v) is 5.85. The molecule has 1 amide bonds. The summed E-state index contributed by atoms with van der Waals surface area (Å²) in [6.07, 6.45) is 3.80. The lowest BCUT2D eigenvalue weighted by Gasteiger charge is -2.19. The number of imidazole rings is 1. The average molecular weight is 469 g/mol. The summed E-state index contributed by atoms with van der Waals surface area (Å²) in [6.45, 7) is 6.00. The van der Waals surface area contributed by atoms with Crippen LogP contribution in [-0.4, -0.2) is 49.1 Å². The molecule has 180 valence electrons. The highest BCUT2D eigenvalue weighted by atomic mass is 16.5. The fourth-order valence-electron chi connectivity index (χ4n) is 3.86. The standard InChI is InChI=1S/C23H28N6O5/c1-5-10-28-19-17(21(31)29(23(28)33)14-7-8-14)25-18(27-19)13-6-9-15(24-11-13)20(30)26-16(12(2)3)22(32)34-4/h6,9,11-12,14,16H,5,7-8,10H2,1-4H3,(H,25,27)(H,26,30). The summed E-state index contributed by atoms with van der Waals surface area (Å²) < 4.78 is 7.60. The molecule has 1 fully saturated rings. The number of carbonyl (C=O) groups is 2. The second kappa shape index (κ2) is 9.24. The van der Waals surface area contributed by atoms with E-state index in [1.54, 1.807) is 19.9 Å². The zero-order valence-electron chi connectivity index (χ0n) is 19.6. The lowest BCUT2D eigenvalue weighted by atomic mass is 10.0. The molecule has 0 saturated heterocycles. The zero-order valence-corrected chi connectivity index (χ0v) is 19.6. The predicted octanol–water partition coefficient (Wildman–Crippen LogP) is 1.62. The third kappa shape index (κ3) is 4.25. The summed E-state index contributed by atoms with van der Waals surface area (Å²) in [5, 5.41) is 2.64. The van der Waals surface area contributed by atoms with E-state index >= 15 is 0 Å². The van der Waals surface area contributed by atoms with Crippen molar-refractivity contribution in [2.45, 2.75) is 58.7 Å². The molecule has 4 rings (SSSR count). The number of fused-ring (bicyclic) bond motifs is 1. The van der Waals surface area contributed by atoms with Crippen molar-refractivity contribution in [3.63, 3.8) is 0 Å². The van der Waals surface area contributed by atoms with Crippen molar-refractivity contribution in [2.24, 2.45) is 5.92 Å². The Morgan fingerprint density at radius 1 is 1.26 bits per heavy atom. The van der Waals surface area contributed by atoms with Gasteiger partial charge in [0.15, 0.2) is 5.65 Å². The Bertz CT molecular complexity index is 1350. The number of aromatic amines is 1. The number of nitrogens with one attached hydrogen (secondary N) is 2. The van der Waals surface area contributed by atoms with Crippen LogP contribution in [0.5, 0.6) is 0 Å². The fraction of sp³-hybridized carbons (Fsp3) is 0.478. The SMILES string of the molecule is CCCn1c(=O)n(C2CC2)c(=O)c2[nH]c(-c3ccc(C(=O)NC(C(=O)OC)C(C)C)nc3)nc21. The molecule has 1 aliphatic carbocycles. The number of aryl methyl sites for hydroxylation is 1. The summed E-state index contributed by atoms with van der Waals surface area (Å²) >= 11 is 0. The Hall–Kier alpha value is -3.76.